The Morgan fingerprint density at radius 1 is 1.42 bits per heavy atom. The van der Waals surface area contributed by atoms with E-state index in [1.54, 1.807) is 0 Å². The van der Waals surface area contributed by atoms with Crippen molar-refractivity contribution in [2.24, 2.45) is 0 Å². The van der Waals surface area contributed by atoms with Gasteiger partial charge in [-0.2, -0.15) is 0 Å². The Kier molecular flexibility index (Phi) is 3.77. The van der Waals surface area contributed by atoms with E-state index in [9.17, 15) is 0 Å². The third kappa shape index (κ3) is 2.94. The summed E-state index contributed by atoms with van der Waals surface area (Å²) >= 11 is 8.83. The van der Waals surface area contributed by atoms with Crippen molar-refractivity contribution in [2.45, 2.75) is 19.4 Å². The Labute approximate surface area is 125 Å². The van der Waals surface area contributed by atoms with E-state index in [1.807, 2.05) is 12.1 Å². The number of nitrogens with zero attached hydrogens (tertiary/aromatic N) is 1. The first-order valence-corrected chi connectivity index (χ1v) is 7.35. The Morgan fingerprint density at radius 3 is 3.16 bits per heavy atom. The maximum absolute atomic E-state index is 5.42. The molecule has 5 heteroatoms. The van der Waals surface area contributed by atoms with Crippen LogP contribution in [0.3, 0.4) is 0 Å². The summed E-state index contributed by atoms with van der Waals surface area (Å²) in [7, 11) is 0. The molecular formula is C14H13BrN2OS. The van der Waals surface area contributed by atoms with E-state index in [4.69, 9.17) is 17.0 Å². The molecule has 0 aliphatic carbocycles. The summed E-state index contributed by atoms with van der Waals surface area (Å²) in [5, 5.41) is 0. The highest BCUT2D eigenvalue weighted by Gasteiger charge is 2.13. The molecule has 0 atom stereocenters. The van der Waals surface area contributed by atoms with Gasteiger partial charge in [0.25, 0.3) is 0 Å². The molecule has 1 aromatic carbocycles. The molecule has 1 aliphatic heterocycles. The number of hydrogen-bond acceptors (Lipinski definition) is 3. The van der Waals surface area contributed by atoms with Crippen molar-refractivity contribution in [3.63, 3.8) is 0 Å². The van der Waals surface area contributed by atoms with E-state index in [0.29, 0.717) is 11.2 Å². The van der Waals surface area contributed by atoms with E-state index in [2.05, 4.69) is 38.0 Å². The normalized spacial score (nSPS) is 14.2. The smallest absolute Gasteiger partial charge is 0.135 e. The molecule has 0 spiro atoms. The van der Waals surface area contributed by atoms with Crippen molar-refractivity contribution < 1.29 is 4.74 Å². The molecule has 3 nitrogen and oxygen atoms in total. The fraction of sp³-hybridized carbons (Fsp3) is 0.286. The third-order valence-corrected chi connectivity index (χ3v) is 3.99. The predicted octanol–water partition coefficient (Wildman–Crippen LogP) is 3.57. The van der Waals surface area contributed by atoms with Gasteiger partial charge in [-0.3, -0.25) is 0 Å². The van der Waals surface area contributed by atoms with Crippen LogP contribution in [0.4, 0.5) is 0 Å². The number of nitrogens with one attached hydrogen (secondary N) is 1. The molecule has 0 fully saturated rings. The summed E-state index contributed by atoms with van der Waals surface area (Å²) in [6, 6.07) is 8.23. The van der Waals surface area contributed by atoms with Crippen molar-refractivity contribution >= 4 is 28.1 Å². The number of ether oxygens (including phenoxy) is 1. The molecule has 1 N–H and O–H groups in total. The van der Waals surface area contributed by atoms with Gasteiger partial charge in [0.15, 0.2) is 0 Å². The van der Waals surface area contributed by atoms with Gasteiger partial charge in [0, 0.05) is 28.6 Å². The minimum atomic E-state index is 0.578. The van der Waals surface area contributed by atoms with Crippen LogP contribution in [0.5, 0.6) is 0 Å². The summed E-state index contributed by atoms with van der Waals surface area (Å²) < 4.78 is 7.16. The Bertz CT molecular complexity index is 669. The van der Waals surface area contributed by atoms with Gasteiger partial charge in [-0.1, -0.05) is 40.3 Å². The molecule has 2 aromatic rings. The van der Waals surface area contributed by atoms with Crippen LogP contribution in [0.2, 0.25) is 0 Å². The summed E-state index contributed by atoms with van der Waals surface area (Å²) in [4.78, 5) is 7.88. The number of benzene rings is 1. The SMILES string of the molecule is S=c1nc(Cc2cccc(Br)c2)[nH]c2c1COCC2. The van der Waals surface area contributed by atoms with Gasteiger partial charge in [-0.25, -0.2) is 4.98 Å². The fourth-order valence-corrected chi connectivity index (χ4v) is 2.97. The largest absolute Gasteiger partial charge is 0.376 e. The van der Waals surface area contributed by atoms with Gasteiger partial charge in [-0.05, 0) is 17.7 Å². The van der Waals surface area contributed by atoms with Gasteiger partial charge >= 0.3 is 0 Å². The van der Waals surface area contributed by atoms with Crippen molar-refractivity contribution in [3.8, 4) is 0 Å². The number of fused-ring (bicyclic) bond motifs is 1. The molecular weight excluding hydrogens is 324 g/mol. The Morgan fingerprint density at radius 2 is 2.32 bits per heavy atom. The number of aromatic amines is 1. The van der Waals surface area contributed by atoms with Crippen LogP contribution in [0, 0.1) is 4.64 Å². The molecule has 1 aliphatic rings. The maximum Gasteiger partial charge on any atom is 0.135 e. The molecule has 98 valence electrons. The lowest BCUT2D eigenvalue weighted by molar-refractivity contribution is 0.108. The molecule has 2 heterocycles. The van der Waals surface area contributed by atoms with Gasteiger partial charge in [0.1, 0.15) is 10.5 Å². The van der Waals surface area contributed by atoms with Gasteiger partial charge in [0.05, 0.1) is 13.2 Å². The lowest BCUT2D eigenvalue weighted by Crippen LogP contribution is -2.15. The van der Waals surface area contributed by atoms with E-state index in [1.165, 1.54) is 11.3 Å². The van der Waals surface area contributed by atoms with E-state index in [0.717, 1.165) is 35.3 Å². The van der Waals surface area contributed by atoms with Crippen molar-refractivity contribution in [1.29, 1.82) is 0 Å². The molecule has 0 saturated heterocycles. The van der Waals surface area contributed by atoms with Crippen LogP contribution in [0.15, 0.2) is 28.7 Å². The summed E-state index contributed by atoms with van der Waals surface area (Å²) in [5.74, 6) is 0.920. The fourth-order valence-electron chi connectivity index (χ4n) is 2.23. The second-order valence-electron chi connectivity index (χ2n) is 4.56. The van der Waals surface area contributed by atoms with E-state index >= 15 is 0 Å². The molecule has 0 amide bonds. The highest BCUT2D eigenvalue weighted by molar-refractivity contribution is 9.10. The number of H-pyrrole nitrogens is 1. The topological polar surface area (TPSA) is 37.9 Å². The molecule has 0 unspecified atom stereocenters. The summed E-state index contributed by atoms with van der Waals surface area (Å²) in [5.41, 5.74) is 3.43. The highest BCUT2D eigenvalue weighted by Crippen LogP contribution is 2.18. The molecule has 0 bridgehead atoms. The summed E-state index contributed by atoms with van der Waals surface area (Å²) in [6.45, 7) is 1.33. The molecule has 19 heavy (non-hydrogen) atoms. The zero-order valence-corrected chi connectivity index (χ0v) is 12.7. The zero-order valence-electron chi connectivity index (χ0n) is 10.3. The van der Waals surface area contributed by atoms with E-state index < -0.39 is 0 Å². The quantitative estimate of drug-likeness (QED) is 0.852. The van der Waals surface area contributed by atoms with E-state index in [-0.39, 0.29) is 0 Å². The second-order valence-corrected chi connectivity index (χ2v) is 5.86. The van der Waals surface area contributed by atoms with Gasteiger partial charge in [-0.15, -0.1) is 0 Å². The standard InChI is InChI=1S/C14H13BrN2OS/c15-10-3-1-2-9(6-10)7-13-16-12-4-5-18-8-11(12)14(19)17-13/h1-3,6H,4-5,7-8H2,(H,16,17,19). The lowest BCUT2D eigenvalue weighted by atomic mass is 10.1. The average Bonchev–Trinajstić information content (AvgIpc) is 2.39. The van der Waals surface area contributed by atoms with Crippen LogP contribution in [-0.4, -0.2) is 16.6 Å². The number of halogens is 1. The van der Waals surface area contributed by atoms with Crippen LogP contribution in [-0.2, 0) is 24.2 Å². The summed E-state index contributed by atoms with van der Waals surface area (Å²) in [6.07, 6.45) is 1.64. The minimum absolute atomic E-state index is 0.578. The number of rotatable bonds is 2. The first kappa shape index (κ1) is 13.0. The van der Waals surface area contributed by atoms with Crippen LogP contribution >= 0.6 is 28.1 Å². The third-order valence-electron chi connectivity index (χ3n) is 3.16. The van der Waals surface area contributed by atoms with Crippen molar-refractivity contribution in [1.82, 2.24) is 9.97 Å². The van der Waals surface area contributed by atoms with Crippen molar-refractivity contribution in [3.05, 3.63) is 56.0 Å². The minimum Gasteiger partial charge on any atom is -0.376 e. The highest BCUT2D eigenvalue weighted by atomic mass is 79.9. The van der Waals surface area contributed by atoms with Crippen LogP contribution in [0.25, 0.3) is 0 Å². The van der Waals surface area contributed by atoms with Gasteiger partial charge in [0.2, 0.25) is 0 Å². The van der Waals surface area contributed by atoms with Crippen LogP contribution in [0.1, 0.15) is 22.6 Å². The molecule has 3 rings (SSSR count). The first-order valence-electron chi connectivity index (χ1n) is 6.15. The maximum atomic E-state index is 5.42. The lowest BCUT2D eigenvalue weighted by Gasteiger charge is -2.17. The van der Waals surface area contributed by atoms with Gasteiger partial charge < -0.3 is 9.72 Å². The molecule has 1 aromatic heterocycles. The Balaban J connectivity index is 1.94. The molecule has 0 saturated carbocycles. The second kappa shape index (κ2) is 5.53. The van der Waals surface area contributed by atoms with Crippen LogP contribution < -0.4 is 0 Å². The number of hydrogen-bond donors (Lipinski definition) is 1. The molecule has 0 radical (unpaired) electrons. The number of aromatic nitrogens is 2. The predicted molar refractivity (Wildman–Crippen MR) is 79.7 cm³/mol. The first-order chi connectivity index (χ1) is 9.22. The Hall–Kier alpha value is -1.04. The average molecular weight is 337 g/mol. The zero-order chi connectivity index (χ0) is 13.2. The van der Waals surface area contributed by atoms with Crippen molar-refractivity contribution in [2.75, 3.05) is 6.61 Å². The monoisotopic (exact) mass is 336 g/mol.